The molecule has 1 aromatic carbocycles. The molecule has 0 amide bonds. The highest BCUT2D eigenvalue weighted by Crippen LogP contribution is 2.70. The van der Waals surface area contributed by atoms with E-state index in [1.165, 1.54) is 12.0 Å². The van der Waals surface area contributed by atoms with Gasteiger partial charge in [0.25, 0.3) is 0 Å². The van der Waals surface area contributed by atoms with Crippen LogP contribution in [-0.2, 0) is 0 Å². The summed E-state index contributed by atoms with van der Waals surface area (Å²) in [6.07, 6.45) is 33.1. The summed E-state index contributed by atoms with van der Waals surface area (Å²) in [6.45, 7) is 9.79. The third-order valence-corrected chi connectivity index (χ3v) is 9.51. The Bertz CT molecular complexity index is 1340. The number of rotatable bonds is 8. The molecule has 2 aromatic rings. The van der Waals surface area contributed by atoms with Gasteiger partial charge in [0.1, 0.15) is 0 Å². The van der Waals surface area contributed by atoms with Gasteiger partial charge in [0.15, 0.2) is 5.13 Å². The van der Waals surface area contributed by atoms with Crippen molar-refractivity contribution in [2.24, 2.45) is 17.3 Å². The first-order valence-corrected chi connectivity index (χ1v) is 15.6. The molecule has 3 aliphatic carbocycles. The van der Waals surface area contributed by atoms with Gasteiger partial charge in [-0.15, -0.1) is 23.7 Å². The SMILES string of the molecule is C#CC.CC/C=C\C=C/C(C)C1c2ccccc2C2CC(CNc3nc(/C4=C/C=C\C/C=C\C=C/C4)cs3)C21C. The van der Waals surface area contributed by atoms with Crippen LogP contribution in [-0.4, -0.2) is 11.5 Å². The van der Waals surface area contributed by atoms with E-state index in [0.29, 0.717) is 23.7 Å². The fourth-order valence-corrected chi connectivity index (χ4v) is 7.50. The maximum Gasteiger partial charge on any atom is 0.183 e. The number of aromatic nitrogens is 1. The largest absolute Gasteiger partial charge is 0.361 e. The van der Waals surface area contributed by atoms with Gasteiger partial charge in [-0.3, -0.25) is 0 Å². The molecule has 0 saturated heterocycles. The summed E-state index contributed by atoms with van der Waals surface area (Å²) < 4.78 is 0. The van der Waals surface area contributed by atoms with Crippen LogP contribution in [0.2, 0.25) is 0 Å². The van der Waals surface area contributed by atoms with Crippen molar-refractivity contribution in [2.45, 2.75) is 65.2 Å². The van der Waals surface area contributed by atoms with E-state index >= 15 is 0 Å². The first kappa shape index (κ1) is 29.6. The second-order valence-corrected chi connectivity index (χ2v) is 12.0. The van der Waals surface area contributed by atoms with Gasteiger partial charge in [-0.25, -0.2) is 4.98 Å². The topological polar surface area (TPSA) is 24.9 Å². The fraction of sp³-hybridized carbons (Fsp3) is 0.378. The third-order valence-electron chi connectivity index (χ3n) is 8.71. The molecule has 2 nitrogen and oxygen atoms in total. The average Bonchev–Trinajstić information content (AvgIpc) is 3.50. The van der Waals surface area contributed by atoms with E-state index < -0.39 is 0 Å². The lowest BCUT2D eigenvalue weighted by Gasteiger charge is -2.55. The van der Waals surface area contributed by atoms with Crippen LogP contribution in [0.4, 0.5) is 5.13 Å². The van der Waals surface area contributed by atoms with Crippen molar-refractivity contribution in [1.29, 1.82) is 0 Å². The summed E-state index contributed by atoms with van der Waals surface area (Å²) in [5.41, 5.74) is 5.80. The Labute approximate surface area is 246 Å². The molecular weight excluding hydrogens is 504 g/mol. The number of thiazole rings is 1. The van der Waals surface area contributed by atoms with E-state index in [-0.39, 0.29) is 5.41 Å². The number of fused-ring (bicyclic) bond motifs is 3. The first-order chi connectivity index (χ1) is 19.5. The molecule has 1 heterocycles. The predicted octanol–water partition coefficient (Wildman–Crippen LogP) is 10.1. The molecule has 5 rings (SSSR count). The number of allylic oxidation sites excluding steroid dienone is 12. The second kappa shape index (κ2) is 14.3. The summed E-state index contributed by atoms with van der Waals surface area (Å²) >= 11 is 1.73. The molecule has 5 unspecified atom stereocenters. The maximum atomic E-state index is 4.98. The molecule has 1 aromatic heterocycles. The Morgan fingerprint density at radius 3 is 2.70 bits per heavy atom. The van der Waals surface area contributed by atoms with E-state index in [0.717, 1.165) is 36.6 Å². The molecular formula is C37H44N2S. The van der Waals surface area contributed by atoms with Crippen molar-refractivity contribution in [3.8, 4) is 12.3 Å². The lowest BCUT2D eigenvalue weighted by molar-refractivity contribution is 0.00162. The Hall–Kier alpha value is -3.35. The molecule has 1 N–H and O–H groups in total. The molecule has 5 atom stereocenters. The summed E-state index contributed by atoms with van der Waals surface area (Å²) in [5, 5.41) is 6.99. The third kappa shape index (κ3) is 6.51. The van der Waals surface area contributed by atoms with Crippen molar-refractivity contribution in [3.05, 3.63) is 113 Å². The highest BCUT2D eigenvalue weighted by Gasteiger charge is 2.61. The smallest absolute Gasteiger partial charge is 0.183 e. The Balaban J connectivity index is 0.00000118. The molecule has 208 valence electrons. The Morgan fingerprint density at radius 2 is 1.90 bits per heavy atom. The second-order valence-electron chi connectivity index (χ2n) is 11.2. The van der Waals surface area contributed by atoms with E-state index in [2.05, 4.69) is 135 Å². The highest BCUT2D eigenvalue weighted by molar-refractivity contribution is 7.13. The van der Waals surface area contributed by atoms with Crippen LogP contribution in [0.25, 0.3) is 5.57 Å². The lowest BCUT2D eigenvalue weighted by Crippen LogP contribution is -2.49. The zero-order chi connectivity index (χ0) is 28.4. The number of nitrogens with zero attached hydrogens (tertiary/aromatic N) is 1. The Kier molecular flexibility index (Phi) is 10.6. The molecule has 1 saturated carbocycles. The molecule has 3 aliphatic rings. The van der Waals surface area contributed by atoms with Crippen LogP contribution in [0.1, 0.15) is 82.0 Å². The average molecular weight is 549 g/mol. The lowest BCUT2D eigenvalue weighted by atomic mass is 9.49. The van der Waals surface area contributed by atoms with E-state index in [9.17, 15) is 0 Å². The number of benzene rings is 1. The summed E-state index contributed by atoms with van der Waals surface area (Å²) in [5.74, 6) is 4.60. The highest BCUT2D eigenvalue weighted by atomic mass is 32.1. The normalized spacial score (nSPS) is 29.5. The number of terminal acetylenes is 1. The predicted molar refractivity (Wildman–Crippen MR) is 176 cm³/mol. The molecule has 0 bridgehead atoms. The van der Waals surface area contributed by atoms with Crippen molar-refractivity contribution in [2.75, 3.05) is 11.9 Å². The van der Waals surface area contributed by atoms with Gasteiger partial charge in [-0.05, 0) is 78.4 Å². The molecule has 0 spiro atoms. The van der Waals surface area contributed by atoms with Gasteiger partial charge in [0.2, 0.25) is 0 Å². The van der Waals surface area contributed by atoms with Crippen LogP contribution < -0.4 is 5.32 Å². The standard InChI is InChI=1S/C34H40N2S.C3H4/c1-4-5-6-12-17-25(2)32-29-21-16-15-20-28(29)30-22-27(34(30,32)3)23-35-33-36-31(24-37-33)26-18-13-10-8-7-9-11-14-19-26;1-3-2/h5-8,10-17,19-21,24-25,27,30,32H,4,9,18,22-23H2,1-3H3,(H,35,36);1H,2H3/b6-5-,8-7-,13-10-,14-11-,17-12-,26-19+;. The van der Waals surface area contributed by atoms with Crippen molar-refractivity contribution in [3.63, 3.8) is 0 Å². The number of hydrogen-bond acceptors (Lipinski definition) is 3. The van der Waals surface area contributed by atoms with E-state index in [1.54, 1.807) is 29.4 Å². The monoisotopic (exact) mass is 548 g/mol. The van der Waals surface area contributed by atoms with Gasteiger partial charge in [0, 0.05) is 11.9 Å². The van der Waals surface area contributed by atoms with Gasteiger partial charge >= 0.3 is 0 Å². The zero-order valence-corrected chi connectivity index (χ0v) is 25.3. The van der Waals surface area contributed by atoms with Crippen LogP contribution in [0.3, 0.4) is 0 Å². The van der Waals surface area contributed by atoms with Crippen LogP contribution in [0.5, 0.6) is 0 Å². The number of anilines is 1. The molecule has 0 radical (unpaired) electrons. The van der Waals surface area contributed by atoms with Crippen LogP contribution >= 0.6 is 11.3 Å². The zero-order valence-electron chi connectivity index (χ0n) is 24.5. The first-order valence-electron chi connectivity index (χ1n) is 14.7. The van der Waals surface area contributed by atoms with Gasteiger partial charge < -0.3 is 5.32 Å². The number of hydrogen-bond donors (Lipinski definition) is 1. The van der Waals surface area contributed by atoms with Crippen LogP contribution in [0, 0.1) is 29.6 Å². The van der Waals surface area contributed by atoms with Gasteiger partial charge in [0.05, 0.1) is 5.69 Å². The number of nitrogens with one attached hydrogen (secondary N) is 1. The quantitative estimate of drug-likeness (QED) is 0.262. The van der Waals surface area contributed by atoms with Crippen molar-refractivity contribution < 1.29 is 0 Å². The summed E-state index contributed by atoms with van der Waals surface area (Å²) in [6, 6.07) is 9.22. The summed E-state index contributed by atoms with van der Waals surface area (Å²) in [4.78, 5) is 4.98. The van der Waals surface area contributed by atoms with Crippen LogP contribution in [0.15, 0.2) is 96.5 Å². The minimum absolute atomic E-state index is 0.275. The van der Waals surface area contributed by atoms with Crippen molar-refractivity contribution in [1.82, 2.24) is 4.98 Å². The minimum Gasteiger partial charge on any atom is -0.361 e. The van der Waals surface area contributed by atoms with Gasteiger partial charge in [-0.1, -0.05) is 112 Å². The maximum absolute atomic E-state index is 4.98. The van der Waals surface area contributed by atoms with E-state index in [1.807, 2.05) is 0 Å². The van der Waals surface area contributed by atoms with Gasteiger partial charge in [-0.2, -0.15) is 0 Å². The minimum atomic E-state index is 0.275. The van der Waals surface area contributed by atoms with Crippen molar-refractivity contribution >= 4 is 22.0 Å². The Morgan fingerprint density at radius 1 is 1.15 bits per heavy atom. The van der Waals surface area contributed by atoms with E-state index in [4.69, 9.17) is 4.98 Å². The molecule has 3 heteroatoms. The fourth-order valence-electron chi connectivity index (χ4n) is 6.76. The molecule has 0 aliphatic heterocycles. The molecule has 40 heavy (non-hydrogen) atoms. The summed E-state index contributed by atoms with van der Waals surface area (Å²) in [7, 11) is 0. The molecule has 1 fully saturated rings.